The topological polar surface area (TPSA) is 43.8 Å². The zero-order valence-electron chi connectivity index (χ0n) is 12.2. The molecule has 0 radical (unpaired) electrons. The number of likely N-dealkylation sites (N-methyl/N-ethyl adjacent to an activating group) is 1. The average Bonchev–Trinajstić information content (AvgIpc) is 3.23. The lowest BCUT2D eigenvalue weighted by molar-refractivity contribution is -0.121. The number of hydrogen-bond acceptors (Lipinski definition) is 3. The van der Waals surface area contributed by atoms with Crippen molar-refractivity contribution in [3.8, 4) is 0 Å². The number of aliphatic hydroxyl groups is 1. The van der Waals surface area contributed by atoms with Gasteiger partial charge in [0, 0.05) is 23.8 Å². The summed E-state index contributed by atoms with van der Waals surface area (Å²) in [5.74, 6) is 0.555. The fraction of sp³-hybridized carbons (Fsp3) is 0.562. The molecule has 114 valence electrons. The van der Waals surface area contributed by atoms with E-state index in [1.54, 1.807) is 17.0 Å². The van der Waals surface area contributed by atoms with Gasteiger partial charge in [-0.1, -0.05) is 11.6 Å². The van der Waals surface area contributed by atoms with Crippen LogP contribution in [0.1, 0.15) is 19.3 Å². The third-order valence-corrected chi connectivity index (χ3v) is 4.74. The SMILES string of the molecule is CN(CC(O)C1CC1)C1CCN(c2ccc(Cl)cc2)C1=O. The highest BCUT2D eigenvalue weighted by atomic mass is 35.5. The molecule has 2 unspecified atom stereocenters. The predicted octanol–water partition coefficient (Wildman–Crippen LogP) is 2.15. The van der Waals surface area contributed by atoms with Crippen LogP contribution in [0.2, 0.25) is 5.02 Å². The molecule has 1 heterocycles. The number of aliphatic hydroxyl groups excluding tert-OH is 1. The summed E-state index contributed by atoms with van der Waals surface area (Å²) in [4.78, 5) is 16.4. The van der Waals surface area contributed by atoms with Crippen LogP contribution in [0.5, 0.6) is 0 Å². The van der Waals surface area contributed by atoms with E-state index in [1.807, 2.05) is 24.1 Å². The number of hydrogen-bond donors (Lipinski definition) is 1. The Bertz CT molecular complexity index is 516. The molecule has 1 aromatic rings. The molecule has 4 nitrogen and oxygen atoms in total. The molecular weight excluding hydrogens is 288 g/mol. The van der Waals surface area contributed by atoms with E-state index in [4.69, 9.17) is 11.6 Å². The van der Waals surface area contributed by atoms with E-state index in [9.17, 15) is 9.90 Å². The minimum Gasteiger partial charge on any atom is -0.392 e. The van der Waals surface area contributed by atoms with Crippen molar-refractivity contribution in [2.45, 2.75) is 31.4 Å². The lowest BCUT2D eigenvalue weighted by Gasteiger charge is -2.26. The Hall–Kier alpha value is -1.10. The molecule has 2 fully saturated rings. The van der Waals surface area contributed by atoms with Gasteiger partial charge in [-0.25, -0.2) is 0 Å². The van der Waals surface area contributed by atoms with Crippen LogP contribution in [0.25, 0.3) is 0 Å². The molecule has 5 heteroatoms. The number of nitrogens with zero attached hydrogens (tertiary/aromatic N) is 2. The van der Waals surface area contributed by atoms with Crippen molar-refractivity contribution in [2.24, 2.45) is 5.92 Å². The Morgan fingerprint density at radius 3 is 2.62 bits per heavy atom. The minimum atomic E-state index is -0.299. The maximum Gasteiger partial charge on any atom is 0.244 e. The first-order valence-corrected chi connectivity index (χ1v) is 7.89. The summed E-state index contributed by atoms with van der Waals surface area (Å²) in [7, 11) is 1.93. The van der Waals surface area contributed by atoms with Gasteiger partial charge in [-0.2, -0.15) is 0 Å². The molecule has 21 heavy (non-hydrogen) atoms. The quantitative estimate of drug-likeness (QED) is 0.906. The first kappa shape index (κ1) is 14.8. The van der Waals surface area contributed by atoms with E-state index in [-0.39, 0.29) is 18.1 Å². The minimum absolute atomic E-state index is 0.114. The highest BCUT2D eigenvalue weighted by Crippen LogP contribution is 2.33. The lowest BCUT2D eigenvalue weighted by atomic mass is 10.1. The third kappa shape index (κ3) is 3.23. The highest BCUT2D eigenvalue weighted by Gasteiger charge is 2.37. The van der Waals surface area contributed by atoms with Crippen molar-refractivity contribution in [1.82, 2.24) is 4.90 Å². The molecule has 1 aliphatic heterocycles. The Morgan fingerprint density at radius 2 is 2.00 bits per heavy atom. The molecule has 3 rings (SSSR count). The van der Waals surface area contributed by atoms with Crippen LogP contribution >= 0.6 is 11.6 Å². The summed E-state index contributed by atoms with van der Waals surface area (Å²) in [6.07, 6.45) is 2.73. The molecule has 2 aliphatic rings. The zero-order valence-corrected chi connectivity index (χ0v) is 13.0. The van der Waals surface area contributed by atoms with Crippen molar-refractivity contribution in [3.63, 3.8) is 0 Å². The van der Waals surface area contributed by atoms with E-state index in [1.165, 1.54) is 0 Å². The van der Waals surface area contributed by atoms with Gasteiger partial charge in [0.05, 0.1) is 12.1 Å². The van der Waals surface area contributed by atoms with Crippen molar-refractivity contribution in [2.75, 3.05) is 25.0 Å². The van der Waals surface area contributed by atoms with Crippen LogP contribution in [0, 0.1) is 5.92 Å². The Morgan fingerprint density at radius 1 is 1.33 bits per heavy atom. The zero-order chi connectivity index (χ0) is 15.0. The molecule has 2 atom stereocenters. The normalized spacial score (nSPS) is 23.9. The Labute approximate surface area is 130 Å². The van der Waals surface area contributed by atoms with Gasteiger partial charge in [-0.3, -0.25) is 9.69 Å². The predicted molar refractivity (Wildman–Crippen MR) is 83.6 cm³/mol. The second-order valence-corrected chi connectivity index (χ2v) is 6.55. The lowest BCUT2D eigenvalue weighted by Crippen LogP contribution is -2.43. The van der Waals surface area contributed by atoms with Crippen LogP contribution in [0.4, 0.5) is 5.69 Å². The van der Waals surface area contributed by atoms with Crippen molar-refractivity contribution in [3.05, 3.63) is 29.3 Å². The third-order valence-electron chi connectivity index (χ3n) is 4.49. The molecule has 0 spiro atoms. The van der Waals surface area contributed by atoms with Crippen molar-refractivity contribution < 1.29 is 9.90 Å². The van der Waals surface area contributed by atoms with E-state index >= 15 is 0 Å². The van der Waals surface area contributed by atoms with Gasteiger partial charge in [0.2, 0.25) is 5.91 Å². The standard InChI is InChI=1S/C16H21ClN2O2/c1-18(10-15(20)11-2-3-11)14-8-9-19(16(14)21)13-6-4-12(17)5-7-13/h4-7,11,14-15,20H,2-3,8-10H2,1H3. The number of amides is 1. The number of halogens is 1. The summed E-state index contributed by atoms with van der Waals surface area (Å²) in [5.41, 5.74) is 0.892. The van der Waals surface area contributed by atoms with Gasteiger partial charge < -0.3 is 10.0 Å². The summed E-state index contributed by atoms with van der Waals surface area (Å²) in [6, 6.07) is 7.23. The number of anilines is 1. The number of carbonyl (C=O) groups is 1. The summed E-state index contributed by atoms with van der Waals surface area (Å²) >= 11 is 5.89. The van der Waals surface area contributed by atoms with Crippen molar-refractivity contribution in [1.29, 1.82) is 0 Å². The molecule has 0 aromatic heterocycles. The summed E-state index contributed by atoms with van der Waals surface area (Å²) in [5, 5.41) is 10.7. The maximum atomic E-state index is 12.6. The van der Waals surface area contributed by atoms with Gasteiger partial charge in [0.15, 0.2) is 0 Å². The van der Waals surface area contributed by atoms with Crippen molar-refractivity contribution >= 4 is 23.2 Å². The smallest absolute Gasteiger partial charge is 0.244 e. The first-order chi connectivity index (χ1) is 10.1. The van der Waals surface area contributed by atoms with E-state index in [2.05, 4.69) is 0 Å². The molecule has 0 bridgehead atoms. The Kier molecular flexibility index (Phi) is 4.20. The van der Waals surface area contributed by atoms with Gasteiger partial charge >= 0.3 is 0 Å². The molecule has 1 aromatic carbocycles. The van der Waals surface area contributed by atoms with Crippen LogP contribution in [-0.2, 0) is 4.79 Å². The fourth-order valence-corrected chi connectivity index (χ4v) is 3.13. The molecular formula is C16H21ClN2O2. The van der Waals surface area contributed by atoms with Crippen LogP contribution in [-0.4, -0.2) is 48.2 Å². The monoisotopic (exact) mass is 308 g/mol. The molecule has 1 saturated carbocycles. The maximum absolute atomic E-state index is 12.6. The second kappa shape index (κ2) is 5.95. The molecule has 1 saturated heterocycles. The average molecular weight is 309 g/mol. The highest BCUT2D eigenvalue weighted by molar-refractivity contribution is 6.30. The van der Waals surface area contributed by atoms with Gasteiger partial charge in [-0.15, -0.1) is 0 Å². The molecule has 1 aliphatic carbocycles. The van der Waals surface area contributed by atoms with Crippen LogP contribution < -0.4 is 4.90 Å². The van der Waals surface area contributed by atoms with Gasteiger partial charge in [0.1, 0.15) is 0 Å². The fourth-order valence-electron chi connectivity index (χ4n) is 3.00. The number of rotatable bonds is 5. The first-order valence-electron chi connectivity index (χ1n) is 7.51. The molecule has 1 N–H and O–H groups in total. The number of benzene rings is 1. The largest absolute Gasteiger partial charge is 0.392 e. The summed E-state index contributed by atoms with van der Waals surface area (Å²) in [6.45, 7) is 1.30. The van der Waals surface area contributed by atoms with E-state index < -0.39 is 0 Å². The second-order valence-electron chi connectivity index (χ2n) is 6.12. The van der Waals surface area contributed by atoms with E-state index in [0.717, 1.165) is 31.5 Å². The van der Waals surface area contributed by atoms with Crippen LogP contribution in [0.3, 0.4) is 0 Å². The van der Waals surface area contributed by atoms with Gasteiger partial charge in [0.25, 0.3) is 0 Å². The van der Waals surface area contributed by atoms with Crippen LogP contribution in [0.15, 0.2) is 24.3 Å². The van der Waals surface area contributed by atoms with Gasteiger partial charge in [-0.05, 0) is 56.5 Å². The Balaban J connectivity index is 1.63. The molecule has 1 amide bonds. The number of carbonyl (C=O) groups excluding carboxylic acids is 1. The summed E-state index contributed by atoms with van der Waals surface area (Å²) < 4.78 is 0. The van der Waals surface area contributed by atoms with E-state index in [0.29, 0.717) is 17.5 Å².